The summed E-state index contributed by atoms with van der Waals surface area (Å²) in [6, 6.07) is 5.74. The average Bonchev–Trinajstić information content (AvgIpc) is 2.89. The lowest BCUT2D eigenvalue weighted by Gasteiger charge is -2.21. The number of nitrogens with zero attached hydrogens (tertiary/aromatic N) is 3. The molecule has 0 radical (unpaired) electrons. The lowest BCUT2D eigenvalue weighted by molar-refractivity contribution is -0.122. The van der Waals surface area contributed by atoms with E-state index >= 15 is 0 Å². The maximum Gasteiger partial charge on any atom is 0.220 e. The van der Waals surface area contributed by atoms with Crippen LogP contribution < -0.4 is 10.6 Å². The number of nitrogens with one attached hydrogen (secondary N) is 2. The molecule has 3 rings (SSSR count). The number of hydrogen-bond acceptors (Lipinski definition) is 4. The highest BCUT2D eigenvalue weighted by Gasteiger charge is 2.16. The fourth-order valence-electron chi connectivity index (χ4n) is 2.62. The van der Waals surface area contributed by atoms with Crippen molar-refractivity contribution in [1.82, 2.24) is 25.2 Å². The third-order valence-corrected chi connectivity index (χ3v) is 3.70. The van der Waals surface area contributed by atoms with Crippen molar-refractivity contribution in [2.45, 2.75) is 25.8 Å². The van der Waals surface area contributed by atoms with E-state index < -0.39 is 0 Å². The topological polar surface area (TPSA) is 71.3 Å². The number of piperidine rings is 1. The third-order valence-electron chi connectivity index (χ3n) is 3.70. The molecule has 2 aromatic rings. The molecule has 1 aliphatic heterocycles. The van der Waals surface area contributed by atoms with Crippen LogP contribution in [0.1, 0.15) is 25.1 Å². The molecule has 6 nitrogen and oxygen atoms in total. The number of hydrogen-bond donors (Lipinski definition) is 2. The SMILES string of the molecule is O=C(CC1CCCNC1)NCc1nnc2ccccn12. The molecule has 0 aliphatic carbocycles. The Labute approximate surface area is 117 Å². The number of amides is 1. The predicted molar refractivity (Wildman–Crippen MR) is 75.0 cm³/mol. The second kappa shape index (κ2) is 6.00. The van der Waals surface area contributed by atoms with E-state index in [9.17, 15) is 4.79 Å². The lowest BCUT2D eigenvalue weighted by Crippen LogP contribution is -2.34. The Kier molecular flexibility index (Phi) is 3.92. The molecule has 1 unspecified atom stereocenters. The number of carbonyl (C=O) groups is 1. The molecule has 6 heteroatoms. The zero-order valence-electron chi connectivity index (χ0n) is 11.4. The maximum atomic E-state index is 11.9. The van der Waals surface area contributed by atoms with Gasteiger partial charge >= 0.3 is 0 Å². The second-order valence-electron chi connectivity index (χ2n) is 5.24. The van der Waals surface area contributed by atoms with E-state index in [0.29, 0.717) is 18.9 Å². The van der Waals surface area contributed by atoms with Gasteiger partial charge in [0.2, 0.25) is 5.91 Å². The molecule has 2 N–H and O–H groups in total. The van der Waals surface area contributed by atoms with Gasteiger partial charge in [-0.05, 0) is 44.0 Å². The van der Waals surface area contributed by atoms with Gasteiger partial charge in [0.1, 0.15) is 0 Å². The van der Waals surface area contributed by atoms with E-state index in [-0.39, 0.29) is 5.91 Å². The highest BCUT2D eigenvalue weighted by Crippen LogP contribution is 2.13. The van der Waals surface area contributed by atoms with Gasteiger partial charge in [0, 0.05) is 12.6 Å². The van der Waals surface area contributed by atoms with Crippen molar-refractivity contribution in [3.63, 3.8) is 0 Å². The first-order valence-electron chi connectivity index (χ1n) is 7.09. The van der Waals surface area contributed by atoms with Crippen molar-refractivity contribution in [1.29, 1.82) is 0 Å². The third kappa shape index (κ3) is 2.96. The number of rotatable bonds is 4. The summed E-state index contributed by atoms with van der Waals surface area (Å²) in [6.07, 6.45) is 4.78. The van der Waals surface area contributed by atoms with Crippen molar-refractivity contribution in [2.24, 2.45) is 5.92 Å². The highest BCUT2D eigenvalue weighted by atomic mass is 16.1. The Hall–Kier alpha value is -1.95. The molecule has 0 bridgehead atoms. The summed E-state index contributed by atoms with van der Waals surface area (Å²) in [4.78, 5) is 11.9. The average molecular weight is 273 g/mol. The molecule has 0 saturated carbocycles. The Morgan fingerprint density at radius 2 is 2.40 bits per heavy atom. The molecule has 106 valence electrons. The van der Waals surface area contributed by atoms with Crippen molar-refractivity contribution in [3.8, 4) is 0 Å². The number of pyridine rings is 1. The van der Waals surface area contributed by atoms with Crippen LogP contribution in [0, 0.1) is 5.92 Å². The van der Waals surface area contributed by atoms with Gasteiger partial charge in [-0.1, -0.05) is 6.07 Å². The van der Waals surface area contributed by atoms with Crippen LogP contribution in [-0.4, -0.2) is 33.6 Å². The zero-order valence-corrected chi connectivity index (χ0v) is 11.4. The Balaban J connectivity index is 1.54. The first kappa shape index (κ1) is 13.1. The van der Waals surface area contributed by atoms with Crippen molar-refractivity contribution in [2.75, 3.05) is 13.1 Å². The number of fused-ring (bicyclic) bond motifs is 1. The van der Waals surface area contributed by atoms with Crippen molar-refractivity contribution >= 4 is 11.6 Å². The molecule has 1 fully saturated rings. The summed E-state index contributed by atoms with van der Waals surface area (Å²) >= 11 is 0. The van der Waals surface area contributed by atoms with Crippen molar-refractivity contribution in [3.05, 3.63) is 30.2 Å². The largest absolute Gasteiger partial charge is 0.349 e. The molecule has 3 heterocycles. The smallest absolute Gasteiger partial charge is 0.220 e. The number of aromatic nitrogens is 3. The molecule has 0 aromatic carbocycles. The highest BCUT2D eigenvalue weighted by molar-refractivity contribution is 5.76. The van der Waals surface area contributed by atoms with Crippen LogP contribution in [0.25, 0.3) is 5.65 Å². The lowest BCUT2D eigenvalue weighted by atomic mass is 9.96. The summed E-state index contributed by atoms with van der Waals surface area (Å²) in [5.74, 6) is 1.31. The van der Waals surface area contributed by atoms with Gasteiger partial charge in [-0.25, -0.2) is 0 Å². The fourth-order valence-corrected chi connectivity index (χ4v) is 2.62. The standard InChI is InChI=1S/C14H19N5O/c20-14(8-11-4-3-6-15-9-11)16-10-13-18-17-12-5-1-2-7-19(12)13/h1-2,5,7,11,15H,3-4,6,8-10H2,(H,16,20). The quantitative estimate of drug-likeness (QED) is 0.861. The molecule has 1 amide bonds. The van der Waals surface area contributed by atoms with E-state index in [1.165, 1.54) is 0 Å². The minimum atomic E-state index is 0.0892. The summed E-state index contributed by atoms with van der Waals surface area (Å²) in [5, 5.41) is 14.4. The van der Waals surface area contributed by atoms with Crippen LogP contribution in [0.2, 0.25) is 0 Å². The molecule has 0 spiro atoms. The molecular weight excluding hydrogens is 254 g/mol. The maximum absolute atomic E-state index is 11.9. The normalized spacial score (nSPS) is 19.1. The van der Waals surface area contributed by atoms with Crippen LogP contribution in [0.15, 0.2) is 24.4 Å². The summed E-state index contributed by atoms with van der Waals surface area (Å²) in [7, 11) is 0. The fraction of sp³-hybridized carbons (Fsp3) is 0.500. The van der Waals surface area contributed by atoms with Crippen LogP contribution in [0.3, 0.4) is 0 Å². The summed E-state index contributed by atoms with van der Waals surface area (Å²) in [5.41, 5.74) is 0.799. The number of carbonyl (C=O) groups excluding carboxylic acids is 1. The molecule has 1 saturated heterocycles. The second-order valence-corrected chi connectivity index (χ2v) is 5.24. The molecule has 2 aromatic heterocycles. The Bertz CT molecular complexity index is 588. The summed E-state index contributed by atoms with van der Waals surface area (Å²) < 4.78 is 1.89. The predicted octanol–water partition coefficient (Wildman–Crippen LogP) is 0.735. The van der Waals surface area contributed by atoms with Crippen LogP contribution in [0.4, 0.5) is 0 Å². The Morgan fingerprint density at radius 1 is 1.45 bits per heavy atom. The van der Waals surface area contributed by atoms with Crippen LogP contribution >= 0.6 is 0 Å². The molecule has 20 heavy (non-hydrogen) atoms. The van der Waals surface area contributed by atoms with Gasteiger partial charge in [-0.15, -0.1) is 10.2 Å². The van der Waals surface area contributed by atoms with E-state index in [1.54, 1.807) is 0 Å². The van der Waals surface area contributed by atoms with Gasteiger partial charge in [0.05, 0.1) is 6.54 Å². The van der Waals surface area contributed by atoms with E-state index in [0.717, 1.165) is 37.4 Å². The van der Waals surface area contributed by atoms with E-state index in [1.807, 2.05) is 28.8 Å². The Morgan fingerprint density at radius 3 is 3.25 bits per heavy atom. The van der Waals surface area contributed by atoms with E-state index in [4.69, 9.17) is 0 Å². The van der Waals surface area contributed by atoms with Gasteiger partial charge in [0.15, 0.2) is 11.5 Å². The summed E-state index contributed by atoms with van der Waals surface area (Å²) in [6.45, 7) is 2.44. The molecule has 1 aliphatic rings. The van der Waals surface area contributed by atoms with Gasteiger partial charge < -0.3 is 10.6 Å². The first-order chi connectivity index (χ1) is 9.83. The van der Waals surface area contributed by atoms with Crippen LogP contribution in [0.5, 0.6) is 0 Å². The van der Waals surface area contributed by atoms with Crippen molar-refractivity contribution < 1.29 is 4.79 Å². The van der Waals surface area contributed by atoms with Gasteiger partial charge in [0.25, 0.3) is 0 Å². The van der Waals surface area contributed by atoms with Gasteiger partial charge in [-0.3, -0.25) is 9.20 Å². The van der Waals surface area contributed by atoms with Crippen LogP contribution in [-0.2, 0) is 11.3 Å². The minimum Gasteiger partial charge on any atom is -0.349 e. The van der Waals surface area contributed by atoms with Gasteiger partial charge in [-0.2, -0.15) is 0 Å². The minimum absolute atomic E-state index is 0.0892. The molecular formula is C14H19N5O. The van der Waals surface area contributed by atoms with E-state index in [2.05, 4.69) is 20.8 Å². The first-order valence-corrected chi connectivity index (χ1v) is 7.09. The zero-order chi connectivity index (χ0) is 13.8. The monoisotopic (exact) mass is 273 g/mol. The molecule has 1 atom stereocenters.